The van der Waals surface area contributed by atoms with Crippen LogP contribution in [0.4, 0.5) is 0 Å². The van der Waals surface area contributed by atoms with E-state index in [2.05, 4.69) is 60.7 Å². The third-order valence-corrected chi connectivity index (χ3v) is 4.62. The van der Waals surface area contributed by atoms with Gasteiger partial charge in [0, 0.05) is 0 Å². The summed E-state index contributed by atoms with van der Waals surface area (Å²) in [5, 5.41) is 11.6. The average Bonchev–Trinajstić information content (AvgIpc) is 2.65. The monoisotopic (exact) mass is 313 g/mol. The van der Waals surface area contributed by atoms with E-state index >= 15 is 0 Å². The molecular formula is C23H23N. The fourth-order valence-corrected chi connectivity index (χ4v) is 3.25. The standard InChI is InChI=1S/C23H23N/c24-18-20-16-14-19(15-17-20)8-3-1-2-4-9-21-11-7-12-22-10-5-6-13-23(21)22/h5-7,10-17H,1-4,8-9H2. The number of benzene rings is 3. The van der Waals surface area contributed by atoms with E-state index in [9.17, 15) is 0 Å². The summed E-state index contributed by atoms with van der Waals surface area (Å²) in [6.07, 6.45) is 7.30. The van der Waals surface area contributed by atoms with E-state index in [1.807, 2.05) is 12.1 Å². The van der Waals surface area contributed by atoms with Gasteiger partial charge in [-0.15, -0.1) is 0 Å². The molecule has 0 fully saturated rings. The fourth-order valence-electron chi connectivity index (χ4n) is 3.25. The predicted octanol–water partition coefficient (Wildman–Crippen LogP) is 6.06. The molecule has 3 rings (SSSR count). The molecule has 0 amide bonds. The van der Waals surface area contributed by atoms with Crippen LogP contribution in [-0.2, 0) is 12.8 Å². The Labute approximate surface area is 144 Å². The van der Waals surface area contributed by atoms with Gasteiger partial charge < -0.3 is 0 Å². The highest BCUT2D eigenvalue weighted by atomic mass is 14.2. The quantitative estimate of drug-likeness (QED) is 0.486. The molecule has 0 N–H and O–H groups in total. The molecule has 0 bridgehead atoms. The molecule has 3 aromatic carbocycles. The number of hydrogen-bond donors (Lipinski definition) is 0. The largest absolute Gasteiger partial charge is 0.192 e. The van der Waals surface area contributed by atoms with Crippen molar-refractivity contribution in [2.75, 3.05) is 0 Å². The summed E-state index contributed by atoms with van der Waals surface area (Å²) in [7, 11) is 0. The first-order chi connectivity index (χ1) is 11.9. The van der Waals surface area contributed by atoms with Crippen molar-refractivity contribution >= 4 is 10.8 Å². The van der Waals surface area contributed by atoms with Crippen LogP contribution in [0.3, 0.4) is 0 Å². The lowest BCUT2D eigenvalue weighted by Crippen LogP contribution is -1.90. The Morgan fingerprint density at radius 3 is 2.17 bits per heavy atom. The maximum atomic E-state index is 8.81. The predicted molar refractivity (Wildman–Crippen MR) is 101 cm³/mol. The molecule has 0 aliphatic rings. The van der Waals surface area contributed by atoms with Gasteiger partial charge >= 0.3 is 0 Å². The minimum absolute atomic E-state index is 0.744. The highest BCUT2D eigenvalue weighted by molar-refractivity contribution is 5.85. The van der Waals surface area contributed by atoms with Gasteiger partial charge in [0.1, 0.15) is 0 Å². The number of nitriles is 1. The molecule has 1 nitrogen and oxygen atoms in total. The van der Waals surface area contributed by atoms with E-state index < -0.39 is 0 Å². The maximum absolute atomic E-state index is 8.81. The average molecular weight is 313 g/mol. The van der Waals surface area contributed by atoms with Gasteiger partial charge in [-0.05, 0) is 59.7 Å². The van der Waals surface area contributed by atoms with Gasteiger partial charge in [-0.25, -0.2) is 0 Å². The first kappa shape index (κ1) is 16.3. The molecule has 0 heterocycles. The molecular weight excluding hydrogens is 290 g/mol. The third-order valence-electron chi connectivity index (χ3n) is 4.62. The lowest BCUT2D eigenvalue weighted by atomic mass is 9.99. The number of fused-ring (bicyclic) bond motifs is 1. The summed E-state index contributed by atoms with van der Waals surface area (Å²) in [6.45, 7) is 0. The molecule has 0 saturated carbocycles. The Hall–Kier alpha value is -2.59. The minimum atomic E-state index is 0.744. The summed E-state index contributed by atoms with van der Waals surface area (Å²) in [6, 6.07) is 25.4. The van der Waals surface area contributed by atoms with Crippen molar-refractivity contribution in [2.24, 2.45) is 0 Å². The van der Waals surface area contributed by atoms with Crippen LogP contribution < -0.4 is 0 Å². The van der Waals surface area contributed by atoms with Crippen molar-refractivity contribution in [3.05, 3.63) is 83.4 Å². The molecule has 0 spiro atoms. The van der Waals surface area contributed by atoms with E-state index in [0.29, 0.717) is 0 Å². The van der Waals surface area contributed by atoms with Gasteiger partial charge in [-0.1, -0.05) is 67.4 Å². The van der Waals surface area contributed by atoms with Crippen LogP contribution in [0, 0.1) is 11.3 Å². The van der Waals surface area contributed by atoms with Crippen molar-refractivity contribution in [2.45, 2.75) is 38.5 Å². The SMILES string of the molecule is N#Cc1ccc(CCCCCCc2cccc3ccccc23)cc1. The minimum Gasteiger partial charge on any atom is -0.192 e. The van der Waals surface area contributed by atoms with Gasteiger partial charge in [-0.2, -0.15) is 5.26 Å². The van der Waals surface area contributed by atoms with E-state index in [4.69, 9.17) is 5.26 Å². The van der Waals surface area contributed by atoms with Crippen LogP contribution in [-0.4, -0.2) is 0 Å². The Morgan fingerprint density at radius 1 is 0.667 bits per heavy atom. The van der Waals surface area contributed by atoms with Gasteiger partial charge in [0.2, 0.25) is 0 Å². The molecule has 0 aliphatic heterocycles. The molecule has 0 atom stereocenters. The number of nitrogens with zero attached hydrogens (tertiary/aromatic N) is 1. The van der Waals surface area contributed by atoms with Crippen molar-refractivity contribution in [3.8, 4) is 6.07 Å². The summed E-state index contributed by atoms with van der Waals surface area (Å²) < 4.78 is 0. The van der Waals surface area contributed by atoms with E-state index in [-0.39, 0.29) is 0 Å². The van der Waals surface area contributed by atoms with Crippen LogP contribution in [0.15, 0.2) is 66.7 Å². The summed E-state index contributed by atoms with van der Waals surface area (Å²) >= 11 is 0. The molecule has 0 aromatic heterocycles. The molecule has 24 heavy (non-hydrogen) atoms. The van der Waals surface area contributed by atoms with Gasteiger partial charge in [0.05, 0.1) is 11.6 Å². The normalized spacial score (nSPS) is 10.6. The second-order valence-corrected chi connectivity index (χ2v) is 6.36. The molecule has 0 radical (unpaired) electrons. The van der Waals surface area contributed by atoms with Crippen molar-refractivity contribution in [1.82, 2.24) is 0 Å². The molecule has 0 aliphatic carbocycles. The Balaban J connectivity index is 1.41. The highest BCUT2D eigenvalue weighted by Gasteiger charge is 2.00. The Kier molecular flexibility index (Phi) is 5.64. The summed E-state index contributed by atoms with van der Waals surface area (Å²) in [4.78, 5) is 0. The Bertz CT molecular complexity index is 819. The van der Waals surface area contributed by atoms with Crippen LogP contribution in [0.1, 0.15) is 42.4 Å². The zero-order valence-electron chi connectivity index (χ0n) is 14.0. The fraction of sp³-hybridized carbons (Fsp3) is 0.261. The number of aryl methyl sites for hydroxylation is 2. The summed E-state index contributed by atoms with van der Waals surface area (Å²) in [5.74, 6) is 0. The lowest BCUT2D eigenvalue weighted by molar-refractivity contribution is 0.641. The summed E-state index contributed by atoms with van der Waals surface area (Å²) in [5.41, 5.74) is 3.55. The number of rotatable bonds is 7. The van der Waals surface area contributed by atoms with Crippen molar-refractivity contribution in [3.63, 3.8) is 0 Å². The van der Waals surface area contributed by atoms with Gasteiger partial charge in [-0.3, -0.25) is 0 Å². The van der Waals surface area contributed by atoms with E-state index in [1.165, 1.54) is 47.6 Å². The van der Waals surface area contributed by atoms with E-state index in [1.54, 1.807) is 0 Å². The lowest BCUT2D eigenvalue weighted by Gasteiger charge is -2.07. The van der Waals surface area contributed by atoms with Crippen molar-refractivity contribution < 1.29 is 0 Å². The van der Waals surface area contributed by atoms with Crippen LogP contribution in [0.2, 0.25) is 0 Å². The first-order valence-electron chi connectivity index (χ1n) is 8.82. The molecule has 0 saturated heterocycles. The zero-order chi connectivity index (χ0) is 16.6. The maximum Gasteiger partial charge on any atom is 0.0991 e. The van der Waals surface area contributed by atoms with E-state index in [0.717, 1.165) is 18.4 Å². The molecule has 3 aromatic rings. The smallest absolute Gasteiger partial charge is 0.0991 e. The topological polar surface area (TPSA) is 23.8 Å². The van der Waals surface area contributed by atoms with Gasteiger partial charge in [0.15, 0.2) is 0 Å². The van der Waals surface area contributed by atoms with Gasteiger partial charge in [0.25, 0.3) is 0 Å². The van der Waals surface area contributed by atoms with Crippen molar-refractivity contribution in [1.29, 1.82) is 5.26 Å². The van der Waals surface area contributed by atoms with Crippen LogP contribution in [0.5, 0.6) is 0 Å². The second kappa shape index (κ2) is 8.31. The number of unbranched alkanes of at least 4 members (excludes halogenated alkanes) is 3. The Morgan fingerprint density at radius 2 is 1.38 bits per heavy atom. The zero-order valence-corrected chi connectivity index (χ0v) is 14.0. The van der Waals surface area contributed by atoms with Crippen LogP contribution >= 0.6 is 0 Å². The molecule has 0 unspecified atom stereocenters. The first-order valence-corrected chi connectivity index (χ1v) is 8.82. The molecule has 1 heteroatoms. The second-order valence-electron chi connectivity index (χ2n) is 6.36. The third kappa shape index (κ3) is 4.24. The number of hydrogen-bond acceptors (Lipinski definition) is 1. The van der Waals surface area contributed by atoms with Crippen LogP contribution in [0.25, 0.3) is 10.8 Å². The molecule has 120 valence electrons. The highest BCUT2D eigenvalue weighted by Crippen LogP contribution is 2.20.